The summed E-state index contributed by atoms with van der Waals surface area (Å²) >= 11 is 0. The maximum Gasteiger partial charge on any atom is 0.407 e. The molecule has 6 nitrogen and oxygen atoms in total. The normalized spacial score (nSPS) is 14.8. The van der Waals surface area contributed by atoms with E-state index in [4.69, 9.17) is 4.74 Å². The Morgan fingerprint density at radius 3 is 2.68 bits per heavy atom. The lowest BCUT2D eigenvalue weighted by Gasteiger charge is -2.18. The molecule has 1 amide bonds. The smallest absolute Gasteiger partial charge is 0.407 e. The topological polar surface area (TPSA) is 88.5 Å². The molecule has 0 spiro atoms. The predicted molar refractivity (Wildman–Crippen MR) is 130 cm³/mol. The molecule has 0 fully saturated rings. The molecule has 0 aliphatic heterocycles. The Kier molecular flexibility index (Phi) is 5.72. The minimum Gasteiger partial charge on any atom is -0.480 e. The number of carbonyl (C=O) groups is 2. The van der Waals surface area contributed by atoms with Crippen LogP contribution in [-0.2, 0) is 16.0 Å². The molecule has 2 atom stereocenters. The summed E-state index contributed by atoms with van der Waals surface area (Å²) in [6, 6.07) is 22.6. The van der Waals surface area contributed by atoms with Crippen molar-refractivity contribution in [3.63, 3.8) is 0 Å². The van der Waals surface area contributed by atoms with Gasteiger partial charge in [-0.3, -0.25) is 4.98 Å². The SMILES string of the molecule is Cc1ccc2c(c1)-c1ccccc1C2COC(=O)N[C@@H](Cc1ccc2ncccc2c1)C(=O)O. The zero-order valence-corrected chi connectivity index (χ0v) is 18.7. The van der Waals surface area contributed by atoms with Gasteiger partial charge in [-0.1, -0.05) is 60.2 Å². The van der Waals surface area contributed by atoms with E-state index in [9.17, 15) is 14.7 Å². The summed E-state index contributed by atoms with van der Waals surface area (Å²) in [5.41, 5.74) is 7.31. The third-order valence-corrected chi connectivity index (χ3v) is 6.29. The zero-order chi connectivity index (χ0) is 23.7. The Morgan fingerprint density at radius 1 is 1.00 bits per heavy atom. The van der Waals surface area contributed by atoms with Crippen LogP contribution in [0.4, 0.5) is 4.79 Å². The number of amides is 1. The number of pyridine rings is 1. The quantitative estimate of drug-likeness (QED) is 0.426. The second-order valence-corrected chi connectivity index (χ2v) is 8.60. The van der Waals surface area contributed by atoms with Crippen LogP contribution in [0.25, 0.3) is 22.0 Å². The number of nitrogens with zero attached hydrogens (tertiary/aromatic N) is 1. The number of hydrogen-bond donors (Lipinski definition) is 2. The molecular formula is C28H24N2O4. The number of carboxylic acids is 1. The number of aryl methyl sites for hydroxylation is 1. The summed E-state index contributed by atoms with van der Waals surface area (Å²) in [5, 5.41) is 13.1. The summed E-state index contributed by atoms with van der Waals surface area (Å²) in [4.78, 5) is 28.7. The van der Waals surface area contributed by atoms with Gasteiger partial charge in [-0.25, -0.2) is 9.59 Å². The van der Waals surface area contributed by atoms with Crippen LogP contribution in [0.15, 0.2) is 79.0 Å². The van der Waals surface area contributed by atoms with E-state index >= 15 is 0 Å². The van der Waals surface area contributed by atoms with Crippen LogP contribution < -0.4 is 5.32 Å². The summed E-state index contributed by atoms with van der Waals surface area (Å²) in [6.45, 7) is 2.19. The summed E-state index contributed by atoms with van der Waals surface area (Å²) in [5.74, 6) is -1.20. The van der Waals surface area contributed by atoms with E-state index in [1.165, 1.54) is 5.56 Å². The molecule has 0 saturated heterocycles. The molecule has 0 saturated carbocycles. The van der Waals surface area contributed by atoms with E-state index < -0.39 is 18.1 Å². The van der Waals surface area contributed by atoms with Crippen LogP contribution in [0, 0.1) is 6.92 Å². The van der Waals surface area contributed by atoms with E-state index in [1.54, 1.807) is 6.20 Å². The molecule has 5 rings (SSSR count). The number of ether oxygens (including phenoxy) is 1. The van der Waals surface area contributed by atoms with Crippen LogP contribution in [0.3, 0.4) is 0 Å². The lowest BCUT2D eigenvalue weighted by Crippen LogP contribution is -2.42. The molecule has 1 unspecified atom stereocenters. The highest BCUT2D eigenvalue weighted by Crippen LogP contribution is 2.45. The van der Waals surface area contributed by atoms with Gasteiger partial charge in [-0.2, -0.15) is 0 Å². The molecule has 34 heavy (non-hydrogen) atoms. The van der Waals surface area contributed by atoms with Gasteiger partial charge in [0.25, 0.3) is 0 Å². The molecule has 1 aliphatic carbocycles. The number of aromatic nitrogens is 1. The van der Waals surface area contributed by atoms with Crippen molar-refractivity contribution in [3.8, 4) is 11.1 Å². The van der Waals surface area contributed by atoms with Crippen molar-refractivity contribution in [2.45, 2.75) is 25.3 Å². The Labute approximate surface area is 197 Å². The standard InChI is InChI=1S/C28H24N2O4/c1-17-8-10-22-23(13-17)20-6-2-3-7-21(20)24(22)16-34-28(33)30-26(27(31)32)15-18-9-11-25-19(14-18)5-4-12-29-25/h2-14,24,26H,15-16H2,1H3,(H,30,33)(H,31,32)/t24?,26-/m0/s1. The monoisotopic (exact) mass is 452 g/mol. The first-order chi connectivity index (χ1) is 16.5. The van der Waals surface area contributed by atoms with E-state index in [0.717, 1.165) is 38.7 Å². The van der Waals surface area contributed by atoms with Crippen LogP contribution in [-0.4, -0.2) is 34.8 Å². The van der Waals surface area contributed by atoms with E-state index in [2.05, 4.69) is 41.5 Å². The predicted octanol–water partition coefficient (Wildman–Crippen LogP) is 5.08. The van der Waals surface area contributed by atoms with Crippen LogP contribution in [0.2, 0.25) is 0 Å². The van der Waals surface area contributed by atoms with E-state index in [1.807, 2.05) is 48.5 Å². The van der Waals surface area contributed by atoms with Gasteiger partial charge >= 0.3 is 12.1 Å². The number of nitrogens with one attached hydrogen (secondary N) is 1. The highest BCUT2D eigenvalue weighted by atomic mass is 16.5. The average molecular weight is 453 g/mol. The Balaban J connectivity index is 1.28. The van der Waals surface area contributed by atoms with Gasteiger partial charge in [0, 0.05) is 23.9 Å². The molecular weight excluding hydrogens is 428 g/mol. The largest absolute Gasteiger partial charge is 0.480 e. The van der Waals surface area contributed by atoms with E-state index in [-0.39, 0.29) is 18.9 Å². The van der Waals surface area contributed by atoms with Gasteiger partial charge in [0.15, 0.2) is 0 Å². The van der Waals surface area contributed by atoms with E-state index in [0.29, 0.717) is 0 Å². The van der Waals surface area contributed by atoms with Crippen molar-refractivity contribution in [3.05, 3.63) is 101 Å². The number of benzene rings is 3. The summed E-state index contributed by atoms with van der Waals surface area (Å²) < 4.78 is 5.54. The van der Waals surface area contributed by atoms with Crippen LogP contribution >= 0.6 is 0 Å². The zero-order valence-electron chi connectivity index (χ0n) is 18.7. The maximum atomic E-state index is 12.6. The van der Waals surface area contributed by atoms with Gasteiger partial charge in [-0.05, 0) is 52.9 Å². The molecule has 170 valence electrons. The minimum absolute atomic E-state index is 0.0891. The summed E-state index contributed by atoms with van der Waals surface area (Å²) in [7, 11) is 0. The van der Waals surface area contributed by atoms with Gasteiger partial charge < -0.3 is 15.2 Å². The Morgan fingerprint density at radius 2 is 1.82 bits per heavy atom. The highest BCUT2D eigenvalue weighted by Gasteiger charge is 2.30. The molecule has 4 aromatic rings. The third-order valence-electron chi connectivity index (χ3n) is 6.29. The fourth-order valence-electron chi connectivity index (χ4n) is 4.63. The van der Waals surface area contributed by atoms with Crippen LogP contribution in [0.5, 0.6) is 0 Å². The lowest BCUT2D eigenvalue weighted by atomic mass is 9.97. The second kappa shape index (κ2) is 8.98. The number of hydrogen-bond acceptors (Lipinski definition) is 4. The van der Waals surface area contributed by atoms with Gasteiger partial charge in [0.1, 0.15) is 12.6 Å². The van der Waals surface area contributed by atoms with Crippen molar-refractivity contribution in [1.82, 2.24) is 10.3 Å². The van der Waals surface area contributed by atoms with Gasteiger partial charge in [0.2, 0.25) is 0 Å². The lowest BCUT2D eigenvalue weighted by molar-refractivity contribution is -0.139. The summed E-state index contributed by atoms with van der Waals surface area (Å²) in [6.07, 6.45) is 1.11. The molecule has 1 heterocycles. The average Bonchev–Trinajstić information content (AvgIpc) is 3.15. The maximum absolute atomic E-state index is 12.6. The van der Waals surface area contributed by atoms with Gasteiger partial charge in [-0.15, -0.1) is 0 Å². The highest BCUT2D eigenvalue weighted by molar-refractivity contribution is 5.82. The first-order valence-corrected chi connectivity index (χ1v) is 11.2. The molecule has 3 aromatic carbocycles. The van der Waals surface area contributed by atoms with Crippen molar-refractivity contribution in [2.75, 3.05) is 6.61 Å². The first-order valence-electron chi connectivity index (χ1n) is 11.2. The Hall–Kier alpha value is -4.19. The fraction of sp³-hybridized carbons (Fsp3) is 0.179. The number of aliphatic carboxylic acids is 1. The first kappa shape index (κ1) is 21.6. The molecule has 1 aliphatic rings. The molecule has 1 aromatic heterocycles. The molecule has 2 N–H and O–H groups in total. The van der Waals surface area contributed by atoms with Crippen molar-refractivity contribution >= 4 is 23.0 Å². The van der Waals surface area contributed by atoms with Crippen molar-refractivity contribution in [1.29, 1.82) is 0 Å². The van der Waals surface area contributed by atoms with Gasteiger partial charge in [0.05, 0.1) is 5.52 Å². The van der Waals surface area contributed by atoms with Crippen LogP contribution in [0.1, 0.15) is 28.2 Å². The number of alkyl carbamates (subject to hydrolysis) is 1. The third kappa shape index (κ3) is 4.22. The fourth-order valence-corrected chi connectivity index (χ4v) is 4.63. The van der Waals surface area contributed by atoms with Crippen molar-refractivity contribution < 1.29 is 19.4 Å². The number of fused-ring (bicyclic) bond motifs is 4. The number of rotatable bonds is 6. The molecule has 0 radical (unpaired) electrons. The van der Waals surface area contributed by atoms with Crippen molar-refractivity contribution in [2.24, 2.45) is 0 Å². The Bertz CT molecular complexity index is 1400. The number of carboxylic acid groups (broad SMARTS) is 1. The second-order valence-electron chi connectivity index (χ2n) is 8.60. The number of carbonyl (C=O) groups excluding carboxylic acids is 1. The molecule has 0 bridgehead atoms. The minimum atomic E-state index is -1.12. The molecule has 6 heteroatoms.